The average molecular weight is 288 g/mol. The number of rotatable bonds is 4. The summed E-state index contributed by atoms with van der Waals surface area (Å²) in [6.45, 7) is 2.38. The van der Waals surface area contributed by atoms with Crippen molar-refractivity contribution in [3.05, 3.63) is 30.2 Å². The second-order valence-corrected chi connectivity index (χ2v) is 5.38. The smallest absolute Gasteiger partial charge is 0.240 e. The Morgan fingerprint density at radius 2 is 2.19 bits per heavy atom. The number of nitrogens with two attached hydrogens (primary N) is 1. The van der Waals surface area contributed by atoms with Crippen LogP contribution in [0.3, 0.4) is 0 Å². The monoisotopic (exact) mass is 288 g/mol. The molecule has 2 aromatic rings. The largest absolute Gasteiger partial charge is 0.489 e. The topological polar surface area (TPSA) is 77.4 Å². The Hall–Kier alpha value is -1.92. The van der Waals surface area contributed by atoms with Gasteiger partial charge in [0.1, 0.15) is 11.9 Å². The van der Waals surface area contributed by atoms with Crippen LogP contribution in [-0.2, 0) is 6.54 Å². The molecule has 0 saturated carbocycles. The molecule has 0 aliphatic carbocycles. The molecule has 21 heavy (non-hydrogen) atoms. The van der Waals surface area contributed by atoms with Crippen LogP contribution in [0.1, 0.15) is 18.7 Å². The van der Waals surface area contributed by atoms with Crippen LogP contribution >= 0.6 is 0 Å². The van der Waals surface area contributed by atoms with E-state index in [1.165, 1.54) is 6.42 Å². The Morgan fingerprint density at radius 3 is 2.86 bits per heavy atom. The first-order valence-corrected chi connectivity index (χ1v) is 7.23. The maximum absolute atomic E-state index is 6.02. The molecule has 0 spiro atoms. The quantitative estimate of drug-likeness (QED) is 0.922. The third kappa shape index (κ3) is 3.40. The van der Waals surface area contributed by atoms with Crippen molar-refractivity contribution in [2.45, 2.75) is 25.5 Å². The fourth-order valence-electron chi connectivity index (χ4n) is 2.55. The van der Waals surface area contributed by atoms with Gasteiger partial charge in [-0.2, -0.15) is 4.98 Å². The van der Waals surface area contributed by atoms with E-state index in [0.717, 1.165) is 30.8 Å². The van der Waals surface area contributed by atoms with Gasteiger partial charge < -0.3 is 19.9 Å². The molecule has 0 amide bonds. The molecule has 3 rings (SSSR count). The molecular formula is C15H20N4O2. The van der Waals surface area contributed by atoms with Gasteiger partial charge in [0.15, 0.2) is 0 Å². The van der Waals surface area contributed by atoms with Crippen LogP contribution in [-0.4, -0.2) is 41.3 Å². The summed E-state index contributed by atoms with van der Waals surface area (Å²) < 4.78 is 11.0. The summed E-state index contributed by atoms with van der Waals surface area (Å²) in [5.74, 6) is 1.87. The zero-order chi connectivity index (χ0) is 14.7. The molecule has 1 saturated heterocycles. The van der Waals surface area contributed by atoms with Gasteiger partial charge in [0.2, 0.25) is 11.7 Å². The summed E-state index contributed by atoms with van der Waals surface area (Å²) in [4.78, 5) is 6.51. The Balaban J connectivity index is 1.66. The number of aromatic nitrogens is 2. The van der Waals surface area contributed by atoms with Crippen molar-refractivity contribution < 1.29 is 9.26 Å². The number of likely N-dealkylation sites (N-methyl/N-ethyl adjacent to an activating group) is 1. The van der Waals surface area contributed by atoms with Gasteiger partial charge in [-0.25, -0.2) is 0 Å². The maximum atomic E-state index is 6.02. The highest BCUT2D eigenvalue weighted by molar-refractivity contribution is 5.55. The number of benzene rings is 1. The lowest BCUT2D eigenvalue weighted by Crippen LogP contribution is -2.38. The zero-order valence-electron chi connectivity index (χ0n) is 12.2. The van der Waals surface area contributed by atoms with Crippen molar-refractivity contribution >= 4 is 0 Å². The lowest BCUT2D eigenvalue weighted by molar-refractivity contribution is 0.104. The number of nitrogens with zero attached hydrogens (tertiary/aromatic N) is 3. The molecule has 1 aromatic carbocycles. The lowest BCUT2D eigenvalue weighted by atomic mass is 10.1. The first kappa shape index (κ1) is 14.0. The molecular weight excluding hydrogens is 268 g/mol. The molecule has 1 aliphatic heterocycles. The van der Waals surface area contributed by atoms with E-state index in [4.69, 9.17) is 15.0 Å². The summed E-state index contributed by atoms with van der Waals surface area (Å²) in [5, 5.41) is 3.90. The Morgan fingerprint density at radius 1 is 1.38 bits per heavy atom. The molecule has 2 N–H and O–H groups in total. The van der Waals surface area contributed by atoms with Crippen LogP contribution in [0.4, 0.5) is 0 Å². The number of hydrogen-bond acceptors (Lipinski definition) is 6. The molecule has 0 radical (unpaired) electrons. The first-order chi connectivity index (χ1) is 10.2. The van der Waals surface area contributed by atoms with Gasteiger partial charge in [-0.3, -0.25) is 0 Å². The minimum Gasteiger partial charge on any atom is -0.489 e. The molecule has 0 bridgehead atoms. The van der Waals surface area contributed by atoms with E-state index in [1.54, 1.807) is 0 Å². The van der Waals surface area contributed by atoms with Crippen molar-refractivity contribution in [2.75, 3.05) is 20.1 Å². The third-order valence-electron chi connectivity index (χ3n) is 3.64. The van der Waals surface area contributed by atoms with Gasteiger partial charge in [-0.15, -0.1) is 0 Å². The summed E-state index contributed by atoms with van der Waals surface area (Å²) in [7, 11) is 2.13. The predicted octanol–water partition coefficient (Wildman–Crippen LogP) is 1.67. The van der Waals surface area contributed by atoms with Gasteiger partial charge in [-0.05, 0) is 50.7 Å². The van der Waals surface area contributed by atoms with Crippen molar-refractivity contribution in [1.82, 2.24) is 15.0 Å². The minimum atomic E-state index is 0.253. The highest BCUT2D eigenvalue weighted by Crippen LogP contribution is 2.22. The summed E-state index contributed by atoms with van der Waals surface area (Å²) in [6.07, 6.45) is 2.56. The van der Waals surface area contributed by atoms with Gasteiger partial charge in [0.05, 0.1) is 6.54 Å². The third-order valence-corrected chi connectivity index (χ3v) is 3.64. The van der Waals surface area contributed by atoms with Crippen molar-refractivity contribution in [3.63, 3.8) is 0 Å². The van der Waals surface area contributed by atoms with Crippen LogP contribution in [0.15, 0.2) is 28.8 Å². The van der Waals surface area contributed by atoms with Crippen LogP contribution in [0.5, 0.6) is 5.75 Å². The van der Waals surface area contributed by atoms with E-state index < -0.39 is 0 Å². The first-order valence-electron chi connectivity index (χ1n) is 7.23. The van der Waals surface area contributed by atoms with Gasteiger partial charge in [0, 0.05) is 12.1 Å². The van der Waals surface area contributed by atoms with E-state index in [0.29, 0.717) is 11.7 Å². The van der Waals surface area contributed by atoms with E-state index in [1.807, 2.05) is 24.3 Å². The Bertz CT molecular complexity index is 582. The minimum absolute atomic E-state index is 0.253. The zero-order valence-corrected chi connectivity index (χ0v) is 12.2. The highest BCUT2D eigenvalue weighted by Gasteiger charge is 2.18. The summed E-state index contributed by atoms with van der Waals surface area (Å²) >= 11 is 0. The normalized spacial score (nSPS) is 19.6. The van der Waals surface area contributed by atoms with Gasteiger partial charge in [0.25, 0.3) is 0 Å². The maximum Gasteiger partial charge on any atom is 0.240 e. The van der Waals surface area contributed by atoms with Crippen LogP contribution in [0.2, 0.25) is 0 Å². The molecule has 1 aromatic heterocycles. The molecule has 2 heterocycles. The van der Waals surface area contributed by atoms with Crippen molar-refractivity contribution in [1.29, 1.82) is 0 Å². The van der Waals surface area contributed by atoms with E-state index in [-0.39, 0.29) is 12.6 Å². The average Bonchev–Trinajstić information content (AvgIpc) is 2.97. The molecule has 1 unspecified atom stereocenters. The second kappa shape index (κ2) is 6.24. The number of ether oxygens (including phenoxy) is 1. The standard InChI is InChI=1S/C15H20N4O2/c1-19-8-2-3-13(10-19)20-12-6-4-11(5-7-12)15-17-14(9-16)21-18-15/h4-7,13H,2-3,8-10,16H2,1H3. The van der Waals surface area contributed by atoms with Crippen LogP contribution in [0.25, 0.3) is 11.4 Å². The Kier molecular flexibility index (Phi) is 4.17. The number of likely N-dealkylation sites (tertiary alicyclic amines) is 1. The van der Waals surface area contributed by atoms with E-state index in [2.05, 4.69) is 22.1 Å². The molecule has 6 heteroatoms. The van der Waals surface area contributed by atoms with Gasteiger partial charge >= 0.3 is 0 Å². The summed E-state index contributed by atoms with van der Waals surface area (Å²) in [5.41, 5.74) is 6.36. The molecule has 112 valence electrons. The molecule has 1 atom stereocenters. The fraction of sp³-hybridized carbons (Fsp3) is 0.467. The van der Waals surface area contributed by atoms with E-state index in [9.17, 15) is 0 Å². The van der Waals surface area contributed by atoms with E-state index >= 15 is 0 Å². The van der Waals surface area contributed by atoms with Gasteiger partial charge in [-0.1, -0.05) is 5.16 Å². The Labute approximate surface area is 123 Å². The molecule has 1 aliphatic rings. The fourth-order valence-corrected chi connectivity index (χ4v) is 2.55. The highest BCUT2D eigenvalue weighted by atomic mass is 16.5. The predicted molar refractivity (Wildman–Crippen MR) is 78.8 cm³/mol. The molecule has 1 fully saturated rings. The number of hydrogen-bond donors (Lipinski definition) is 1. The van der Waals surface area contributed by atoms with Crippen molar-refractivity contribution in [2.24, 2.45) is 5.73 Å². The summed E-state index contributed by atoms with van der Waals surface area (Å²) in [6, 6.07) is 7.77. The van der Waals surface area contributed by atoms with Crippen molar-refractivity contribution in [3.8, 4) is 17.1 Å². The SMILES string of the molecule is CN1CCCC(Oc2ccc(-c3noc(CN)n3)cc2)C1. The van der Waals surface area contributed by atoms with Crippen LogP contribution < -0.4 is 10.5 Å². The number of piperidine rings is 1. The molecule has 6 nitrogen and oxygen atoms in total. The van der Waals surface area contributed by atoms with Crippen LogP contribution in [0, 0.1) is 0 Å². The lowest BCUT2D eigenvalue weighted by Gasteiger charge is -2.30. The second-order valence-electron chi connectivity index (χ2n) is 5.38.